The number of aryl methyl sites for hydroxylation is 1. The zero-order valence-corrected chi connectivity index (χ0v) is 26.5. The first kappa shape index (κ1) is 29.4. The van der Waals surface area contributed by atoms with Crippen molar-refractivity contribution >= 4 is 38.6 Å². The lowest BCUT2D eigenvalue weighted by molar-refractivity contribution is -0.134. The van der Waals surface area contributed by atoms with Gasteiger partial charge in [-0.05, 0) is 101 Å². The molecule has 2 aliphatic heterocycles. The smallest absolute Gasteiger partial charge is 0.235 e. The van der Waals surface area contributed by atoms with Gasteiger partial charge in [0.2, 0.25) is 11.8 Å². The Hall–Kier alpha value is -2.71. The summed E-state index contributed by atoms with van der Waals surface area (Å²) in [6, 6.07) is 12.9. The number of piperidine rings is 1. The maximum Gasteiger partial charge on any atom is 0.235 e. The number of carbonyl (C=O) groups is 2. The van der Waals surface area contributed by atoms with Gasteiger partial charge in [0.05, 0.1) is 23.2 Å². The standard InChI is InChI=1S/C34H43BrN4O3/c1-22-29(35)7-5-8-31(22)42-26-12-9-23(10-13-26)6-3-4-18-39-19-17-25(21-39)24-11-14-27-30(20-24)38(2)37-33(27)28-15-16-32(40)36-34(28)41/h5,7-8,11,14,20,23,25-26,28H,3-4,6,9-10,12-13,15-19,21H2,1-2H3,(H,36,40,41)/t23?,25-,26?,28?/m1/s1. The third-order valence-electron chi connectivity index (χ3n) is 9.86. The summed E-state index contributed by atoms with van der Waals surface area (Å²) in [6.07, 6.45) is 11.3. The monoisotopic (exact) mass is 634 g/mol. The van der Waals surface area contributed by atoms with E-state index in [-0.39, 0.29) is 17.7 Å². The van der Waals surface area contributed by atoms with Gasteiger partial charge in [0, 0.05) is 35.4 Å². The molecule has 2 aromatic carbocycles. The maximum absolute atomic E-state index is 12.5. The van der Waals surface area contributed by atoms with Crippen LogP contribution >= 0.6 is 15.9 Å². The van der Waals surface area contributed by atoms with Gasteiger partial charge in [-0.1, -0.05) is 47.0 Å². The van der Waals surface area contributed by atoms with Crippen LogP contribution < -0.4 is 10.1 Å². The first-order valence-electron chi connectivity index (χ1n) is 15.8. The molecule has 3 heterocycles. The Morgan fingerprint density at radius 3 is 2.69 bits per heavy atom. The average Bonchev–Trinajstić information content (AvgIpc) is 3.59. The van der Waals surface area contributed by atoms with E-state index in [0.29, 0.717) is 24.9 Å². The molecule has 1 unspecified atom stereocenters. The van der Waals surface area contributed by atoms with E-state index in [0.717, 1.165) is 45.8 Å². The molecule has 1 aliphatic carbocycles. The van der Waals surface area contributed by atoms with E-state index in [2.05, 4.69) is 69.5 Å². The number of unbranched alkanes of at least 4 members (excludes halogenated alkanes) is 1. The van der Waals surface area contributed by atoms with Crippen molar-refractivity contribution in [2.75, 3.05) is 19.6 Å². The lowest BCUT2D eigenvalue weighted by atomic mass is 9.84. The van der Waals surface area contributed by atoms with Crippen LogP contribution in [0.1, 0.15) is 92.9 Å². The predicted octanol–water partition coefficient (Wildman–Crippen LogP) is 6.76. The Bertz CT molecular complexity index is 1440. The van der Waals surface area contributed by atoms with Crippen LogP contribution in [-0.2, 0) is 16.6 Å². The van der Waals surface area contributed by atoms with Gasteiger partial charge in [0.1, 0.15) is 5.75 Å². The van der Waals surface area contributed by atoms with Gasteiger partial charge in [-0.15, -0.1) is 0 Å². The van der Waals surface area contributed by atoms with Crippen molar-refractivity contribution in [2.45, 2.75) is 89.1 Å². The predicted molar refractivity (Wildman–Crippen MR) is 169 cm³/mol. The van der Waals surface area contributed by atoms with Crippen LogP contribution in [0.15, 0.2) is 40.9 Å². The number of imide groups is 1. The summed E-state index contributed by atoms with van der Waals surface area (Å²) in [7, 11) is 1.95. The molecule has 3 aromatic rings. The van der Waals surface area contributed by atoms with E-state index in [4.69, 9.17) is 9.84 Å². The van der Waals surface area contributed by atoms with Crippen molar-refractivity contribution in [3.8, 4) is 5.75 Å². The SMILES string of the molecule is Cc1c(Br)cccc1OC1CCC(CCCCN2CC[C@@H](c3ccc4c(C5CCC(=O)NC5=O)nn(C)c4c3)C2)CC1. The Morgan fingerprint density at radius 2 is 1.88 bits per heavy atom. The molecule has 8 heteroatoms. The van der Waals surface area contributed by atoms with Crippen LogP contribution in [0, 0.1) is 12.8 Å². The first-order valence-corrected chi connectivity index (χ1v) is 16.6. The van der Waals surface area contributed by atoms with E-state index in [1.165, 1.54) is 69.0 Å². The average molecular weight is 636 g/mol. The molecule has 3 aliphatic rings. The first-order chi connectivity index (χ1) is 20.4. The highest BCUT2D eigenvalue weighted by molar-refractivity contribution is 9.10. The molecule has 0 radical (unpaired) electrons. The zero-order chi connectivity index (χ0) is 29.2. The molecule has 3 fully saturated rings. The van der Waals surface area contributed by atoms with Gasteiger partial charge < -0.3 is 9.64 Å². The lowest BCUT2D eigenvalue weighted by Crippen LogP contribution is -2.39. The number of fused-ring (bicyclic) bond motifs is 1. The Morgan fingerprint density at radius 1 is 1.05 bits per heavy atom. The van der Waals surface area contributed by atoms with Crippen molar-refractivity contribution in [3.05, 3.63) is 57.7 Å². The van der Waals surface area contributed by atoms with E-state index >= 15 is 0 Å². The van der Waals surface area contributed by atoms with Crippen LogP contribution in [0.3, 0.4) is 0 Å². The summed E-state index contributed by atoms with van der Waals surface area (Å²) in [5, 5.41) is 8.21. The summed E-state index contributed by atoms with van der Waals surface area (Å²) >= 11 is 3.62. The number of ether oxygens (including phenoxy) is 1. The molecule has 1 aromatic heterocycles. The molecule has 2 amide bonds. The van der Waals surface area contributed by atoms with E-state index < -0.39 is 0 Å². The Balaban J connectivity index is 0.942. The molecular formula is C34H43BrN4O3. The minimum Gasteiger partial charge on any atom is -0.490 e. The van der Waals surface area contributed by atoms with Gasteiger partial charge in [-0.25, -0.2) is 0 Å². The number of hydrogen-bond acceptors (Lipinski definition) is 5. The highest BCUT2D eigenvalue weighted by atomic mass is 79.9. The second kappa shape index (κ2) is 12.9. The number of halogens is 1. The summed E-state index contributed by atoms with van der Waals surface area (Å²) in [5.41, 5.74) is 4.41. The minimum atomic E-state index is -0.358. The highest BCUT2D eigenvalue weighted by Gasteiger charge is 2.32. The Kier molecular flexibility index (Phi) is 9.01. The van der Waals surface area contributed by atoms with E-state index in [1.54, 1.807) is 0 Å². The number of nitrogens with one attached hydrogen (secondary N) is 1. The fourth-order valence-corrected chi connectivity index (χ4v) is 7.63. The van der Waals surface area contributed by atoms with Gasteiger partial charge in [-0.2, -0.15) is 5.10 Å². The highest BCUT2D eigenvalue weighted by Crippen LogP contribution is 2.35. The van der Waals surface area contributed by atoms with Crippen LogP contribution in [0.25, 0.3) is 10.9 Å². The van der Waals surface area contributed by atoms with E-state index in [9.17, 15) is 9.59 Å². The summed E-state index contributed by atoms with van der Waals surface area (Å²) in [6.45, 7) is 5.58. The molecule has 0 bridgehead atoms. The van der Waals surface area contributed by atoms with Crippen molar-refractivity contribution in [1.82, 2.24) is 20.0 Å². The summed E-state index contributed by atoms with van der Waals surface area (Å²) in [4.78, 5) is 26.7. The number of carbonyl (C=O) groups excluding carboxylic acids is 2. The van der Waals surface area contributed by atoms with Crippen molar-refractivity contribution in [2.24, 2.45) is 13.0 Å². The van der Waals surface area contributed by atoms with Crippen molar-refractivity contribution < 1.29 is 14.3 Å². The van der Waals surface area contributed by atoms with Gasteiger partial charge in [0.25, 0.3) is 0 Å². The summed E-state index contributed by atoms with van der Waals surface area (Å²) < 4.78 is 9.37. The molecule has 42 heavy (non-hydrogen) atoms. The largest absolute Gasteiger partial charge is 0.490 e. The topological polar surface area (TPSA) is 76.5 Å². The fourth-order valence-electron chi connectivity index (χ4n) is 7.28. The fraction of sp³-hybridized carbons (Fsp3) is 0.559. The molecule has 6 rings (SSSR count). The quantitative estimate of drug-likeness (QED) is 0.208. The maximum atomic E-state index is 12.5. The summed E-state index contributed by atoms with van der Waals surface area (Å²) in [5.74, 6) is 1.63. The number of benzene rings is 2. The molecular weight excluding hydrogens is 592 g/mol. The number of amides is 2. The molecule has 1 N–H and O–H groups in total. The van der Waals surface area contributed by atoms with Crippen LogP contribution in [0.5, 0.6) is 5.75 Å². The van der Waals surface area contributed by atoms with Crippen molar-refractivity contribution in [3.63, 3.8) is 0 Å². The molecule has 1 saturated carbocycles. The number of hydrogen-bond donors (Lipinski definition) is 1. The number of nitrogens with zero attached hydrogens (tertiary/aromatic N) is 3. The second-order valence-electron chi connectivity index (χ2n) is 12.7. The van der Waals surface area contributed by atoms with Crippen LogP contribution in [-0.4, -0.2) is 52.2 Å². The van der Waals surface area contributed by atoms with Crippen LogP contribution in [0.2, 0.25) is 0 Å². The second-order valence-corrected chi connectivity index (χ2v) is 13.5. The number of aromatic nitrogens is 2. The van der Waals surface area contributed by atoms with Gasteiger partial charge >= 0.3 is 0 Å². The number of rotatable bonds is 9. The molecule has 0 spiro atoms. The molecule has 224 valence electrons. The third kappa shape index (κ3) is 6.45. The number of likely N-dealkylation sites (tertiary alicyclic amines) is 1. The lowest BCUT2D eigenvalue weighted by Gasteiger charge is -2.29. The molecule has 7 nitrogen and oxygen atoms in total. The molecule has 2 saturated heterocycles. The van der Waals surface area contributed by atoms with Crippen molar-refractivity contribution in [1.29, 1.82) is 0 Å². The minimum absolute atomic E-state index is 0.190. The third-order valence-corrected chi connectivity index (χ3v) is 10.7. The van der Waals surface area contributed by atoms with Gasteiger partial charge in [0.15, 0.2) is 0 Å². The molecule has 2 atom stereocenters. The zero-order valence-electron chi connectivity index (χ0n) is 24.9. The van der Waals surface area contributed by atoms with E-state index in [1.807, 2.05) is 11.7 Å². The Labute approximate surface area is 257 Å². The van der Waals surface area contributed by atoms with Gasteiger partial charge in [-0.3, -0.25) is 19.6 Å². The normalized spacial score (nSPS) is 25.2. The van der Waals surface area contributed by atoms with Crippen LogP contribution in [0.4, 0.5) is 0 Å².